The fraction of sp³-hybridized carbons (Fsp3) is 0.857. The predicted octanol–water partition coefficient (Wildman–Crippen LogP) is 1.81. The summed E-state index contributed by atoms with van der Waals surface area (Å²) in [4.78, 5) is 4.84. The third-order valence-electron chi connectivity index (χ3n) is 2.01. The summed E-state index contributed by atoms with van der Waals surface area (Å²) in [6.07, 6.45) is 4.17. The molecule has 0 saturated heterocycles. The van der Waals surface area contributed by atoms with Crippen LogP contribution in [0.5, 0.6) is 0 Å². The maximum Gasteiger partial charge on any atom is 0.118 e. The van der Waals surface area contributed by atoms with Gasteiger partial charge < -0.3 is 4.84 Å². The number of hydrogen-bond donors (Lipinski definition) is 0. The SMILES string of the molecule is CCC1(C)C=NOCC1. The first kappa shape index (κ1) is 6.59. The number of oxime groups is 1. The van der Waals surface area contributed by atoms with E-state index in [0.29, 0.717) is 5.41 Å². The van der Waals surface area contributed by atoms with Gasteiger partial charge in [0.1, 0.15) is 6.61 Å². The first-order valence-corrected chi connectivity index (χ1v) is 3.43. The Morgan fingerprint density at radius 1 is 1.78 bits per heavy atom. The molecule has 52 valence electrons. The zero-order valence-electron chi connectivity index (χ0n) is 6.05. The van der Waals surface area contributed by atoms with E-state index in [2.05, 4.69) is 19.0 Å². The van der Waals surface area contributed by atoms with E-state index in [4.69, 9.17) is 4.84 Å². The highest BCUT2D eigenvalue weighted by Crippen LogP contribution is 2.25. The first-order valence-electron chi connectivity index (χ1n) is 3.43. The van der Waals surface area contributed by atoms with Gasteiger partial charge in [0.25, 0.3) is 0 Å². The van der Waals surface area contributed by atoms with Gasteiger partial charge in [0.05, 0.1) is 0 Å². The Morgan fingerprint density at radius 2 is 2.56 bits per heavy atom. The molecule has 1 unspecified atom stereocenters. The second kappa shape index (κ2) is 2.38. The van der Waals surface area contributed by atoms with Crippen LogP contribution in [0.2, 0.25) is 0 Å². The summed E-state index contributed by atoms with van der Waals surface area (Å²) >= 11 is 0. The van der Waals surface area contributed by atoms with Crippen LogP contribution in [0.3, 0.4) is 0 Å². The lowest BCUT2D eigenvalue weighted by molar-refractivity contribution is 0.101. The second-order valence-corrected chi connectivity index (χ2v) is 2.83. The van der Waals surface area contributed by atoms with Crippen molar-refractivity contribution in [3.8, 4) is 0 Å². The molecule has 1 aliphatic heterocycles. The first-order chi connectivity index (χ1) is 4.27. The fourth-order valence-corrected chi connectivity index (χ4v) is 0.829. The molecule has 1 atom stereocenters. The molecular weight excluding hydrogens is 114 g/mol. The lowest BCUT2D eigenvalue weighted by atomic mass is 9.85. The van der Waals surface area contributed by atoms with Crippen molar-refractivity contribution < 1.29 is 4.84 Å². The summed E-state index contributed by atoms with van der Waals surface area (Å²) in [6.45, 7) is 5.16. The van der Waals surface area contributed by atoms with Gasteiger partial charge in [-0.2, -0.15) is 0 Å². The Labute approximate surface area is 55.9 Å². The zero-order chi connectivity index (χ0) is 6.74. The fourth-order valence-electron chi connectivity index (χ4n) is 0.829. The smallest absolute Gasteiger partial charge is 0.118 e. The quantitative estimate of drug-likeness (QED) is 0.526. The van der Waals surface area contributed by atoms with Gasteiger partial charge in [-0.1, -0.05) is 19.0 Å². The Hall–Kier alpha value is -0.530. The van der Waals surface area contributed by atoms with Crippen LogP contribution in [0.1, 0.15) is 26.7 Å². The number of rotatable bonds is 1. The molecule has 0 fully saturated rings. The monoisotopic (exact) mass is 127 g/mol. The number of nitrogens with zero attached hydrogens (tertiary/aromatic N) is 1. The van der Waals surface area contributed by atoms with Crippen molar-refractivity contribution in [2.75, 3.05) is 6.61 Å². The maximum absolute atomic E-state index is 4.84. The van der Waals surface area contributed by atoms with E-state index < -0.39 is 0 Å². The predicted molar refractivity (Wildman–Crippen MR) is 37.5 cm³/mol. The third-order valence-corrected chi connectivity index (χ3v) is 2.01. The summed E-state index contributed by atoms with van der Waals surface area (Å²) in [5, 5.41) is 3.78. The summed E-state index contributed by atoms with van der Waals surface area (Å²) in [5.74, 6) is 0. The van der Waals surface area contributed by atoms with Crippen LogP contribution >= 0.6 is 0 Å². The average Bonchev–Trinajstić information content (AvgIpc) is 1.90. The molecule has 1 rings (SSSR count). The van der Waals surface area contributed by atoms with Crippen molar-refractivity contribution in [2.24, 2.45) is 10.6 Å². The lowest BCUT2D eigenvalue weighted by Crippen LogP contribution is -2.22. The zero-order valence-corrected chi connectivity index (χ0v) is 6.05. The highest BCUT2D eigenvalue weighted by atomic mass is 16.6. The molecule has 0 aromatic heterocycles. The van der Waals surface area contributed by atoms with Gasteiger partial charge in [-0.3, -0.25) is 0 Å². The molecule has 9 heavy (non-hydrogen) atoms. The molecule has 0 saturated carbocycles. The second-order valence-electron chi connectivity index (χ2n) is 2.83. The van der Waals surface area contributed by atoms with Crippen molar-refractivity contribution >= 4 is 6.21 Å². The van der Waals surface area contributed by atoms with Gasteiger partial charge in [0, 0.05) is 11.6 Å². The van der Waals surface area contributed by atoms with Gasteiger partial charge >= 0.3 is 0 Å². The van der Waals surface area contributed by atoms with Crippen molar-refractivity contribution in [3.05, 3.63) is 0 Å². The van der Waals surface area contributed by atoms with Crippen LogP contribution in [0.25, 0.3) is 0 Å². The molecule has 0 amide bonds. The molecule has 0 N–H and O–H groups in total. The van der Waals surface area contributed by atoms with Crippen LogP contribution < -0.4 is 0 Å². The van der Waals surface area contributed by atoms with E-state index in [9.17, 15) is 0 Å². The Kier molecular flexibility index (Phi) is 1.74. The summed E-state index contributed by atoms with van der Waals surface area (Å²) in [6, 6.07) is 0. The topological polar surface area (TPSA) is 21.6 Å². The molecule has 1 aliphatic rings. The van der Waals surface area contributed by atoms with Gasteiger partial charge in [-0.25, -0.2) is 0 Å². The molecule has 2 nitrogen and oxygen atoms in total. The van der Waals surface area contributed by atoms with Gasteiger partial charge in [-0.15, -0.1) is 0 Å². The normalized spacial score (nSPS) is 34.0. The van der Waals surface area contributed by atoms with Gasteiger partial charge in [0.15, 0.2) is 0 Å². The molecule has 0 bridgehead atoms. The average molecular weight is 127 g/mol. The standard InChI is InChI=1S/C7H13NO/c1-3-7(2)4-5-9-8-6-7/h6H,3-5H2,1-2H3. The van der Waals surface area contributed by atoms with E-state index in [0.717, 1.165) is 19.4 Å². The molecule has 0 aliphatic carbocycles. The minimum atomic E-state index is 0.304. The van der Waals surface area contributed by atoms with Crippen molar-refractivity contribution in [1.82, 2.24) is 0 Å². The van der Waals surface area contributed by atoms with E-state index in [1.165, 1.54) is 0 Å². The third kappa shape index (κ3) is 1.44. The molecular formula is C7H13NO. The minimum Gasteiger partial charge on any atom is -0.396 e. The van der Waals surface area contributed by atoms with Crippen molar-refractivity contribution in [1.29, 1.82) is 0 Å². The van der Waals surface area contributed by atoms with E-state index in [1.54, 1.807) is 0 Å². The van der Waals surface area contributed by atoms with Crippen molar-refractivity contribution in [3.63, 3.8) is 0 Å². The molecule has 0 spiro atoms. The van der Waals surface area contributed by atoms with E-state index in [1.807, 2.05) is 6.21 Å². The molecule has 0 radical (unpaired) electrons. The lowest BCUT2D eigenvalue weighted by Gasteiger charge is -2.24. The van der Waals surface area contributed by atoms with Crippen molar-refractivity contribution in [2.45, 2.75) is 26.7 Å². The summed E-state index contributed by atoms with van der Waals surface area (Å²) < 4.78 is 0. The Morgan fingerprint density at radius 3 is 2.89 bits per heavy atom. The molecule has 2 heteroatoms. The molecule has 1 heterocycles. The highest BCUT2D eigenvalue weighted by molar-refractivity contribution is 5.64. The van der Waals surface area contributed by atoms with Crippen LogP contribution in [-0.2, 0) is 4.84 Å². The maximum atomic E-state index is 4.84. The minimum absolute atomic E-state index is 0.304. The van der Waals surface area contributed by atoms with Gasteiger partial charge in [0.2, 0.25) is 0 Å². The Balaban J connectivity index is 2.56. The van der Waals surface area contributed by atoms with Gasteiger partial charge in [-0.05, 0) is 12.8 Å². The highest BCUT2D eigenvalue weighted by Gasteiger charge is 2.22. The van der Waals surface area contributed by atoms with Crippen LogP contribution in [0.15, 0.2) is 5.16 Å². The van der Waals surface area contributed by atoms with E-state index >= 15 is 0 Å². The van der Waals surface area contributed by atoms with E-state index in [-0.39, 0.29) is 0 Å². The molecule has 0 aromatic rings. The Bertz CT molecular complexity index is 122. The molecule has 0 aromatic carbocycles. The van der Waals surface area contributed by atoms with Crippen LogP contribution in [0.4, 0.5) is 0 Å². The summed E-state index contributed by atoms with van der Waals surface area (Å²) in [7, 11) is 0. The van der Waals surface area contributed by atoms with Crippen LogP contribution in [0, 0.1) is 5.41 Å². The largest absolute Gasteiger partial charge is 0.396 e. The van der Waals surface area contributed by atoms with Crippen LogP contribution in [-0.4, -0.2) is 12.8 Å². The number of hydrogen-bond acceptors (Lipinski definition) is 2. The summed E-state index contributed by atoms with van der Waals surface area (Å²) in [5.41, 5.74) is 0.304.